The van der Waals surface area contributed by atoms with E-state index in [-0.39, 0.29) is 22.7 Å². The van der Waals surface area contributed by atoms with Gasteiger partial charge in [-0.15, -0.1) is 0 Å². The second-order valence-electron chi connectivity index (χ2n) is 6.67. The van der Waals surface area contributed by atoms with Crippen LogP contribution in [0.2, 0.25) is 0 Å². The molecule has 0 unspecified atom stereocenters. The summed E-state index contributed by atoms with van der Waals surface area (Å²) in [5.41, 5.74) is 7.63. The number of amides is 1. The average molecular weight is 400 g/mol. The minimum atomic E-state index is -0.760. The summed E-state index contributed by atoms with van der Waals surface area (Å²) in [4.78, 5) is 39.7. The SMILES string of the molecule is COc1cccc(-n2c(=O)[nH]c3c(C(N)=O)nc(-c4cccc5[nH]ccc45)nc32)c1. The van der Waals surface area contributed by atoms with Crippen LogP contribution in [0, 0.1) is 0 Å². The van der Waals surface area contributed by atoms with Crippen molar-refractivity contribution in [2.45, 2.75) is 0 Å². The molecule has 3 heterocycles. The van der Waals surface area contributed by atoms with Crippen LogP contribution in [0.15, 0.2) is 59.5 Å². The third kappa shape index (κ3) is 2.64. The fraction of sp³-hybridized carbons (Fsp3) is 0.0476. The summed E-state index contributed by atoms with van der Waals surface area (Å²) in [7, 11) is 1.54. The molecule has 0 saturated heterocycles. The summed E-state index contributed by atoms with van der Waals surface area (Å²) < 4.78 is 6.63. The van der Waals surface area contributed by atoms with Gasteiger partial charge in [0.15, 0.2) is 17.2 Å². The van der Waals surface area contributed by atoms with Crippen LogP contribution in [0.1, 0.15) is 10.5 Å². The zero-order valence-corrected chi connectivity index (χ0v) is 15.8. The van der Waals surface area contributed by atoms with E-state index in [1.54, 1.807) is 31.4 Å². The maximum absolute atomic E-state index is 12.8. The number of aromatic nitrogens is 5. The molecule has 3 aromatic heterocycles. The van der Waals surface area contributed by atoms with E-state index in [4.69, 9.17) is 10.5 Å². The van der Waals surface area contributed by atoms with Gasteiger partial charge in [-0.2, -0.15) is 0 Å². The molecule has 5 aromatic rings. The average Bonchev–Trinajstić information content (AvgIpc) is 3.36. The fourth-order valence-corrected chi connectivity index (χ4v) is 3.55. The molecule has 0 aliphatic carbocycles. The summed E-state index contributed by atoms with van der Waals surface area (Å²) in [5, 5.41) is 0.887. The first-order valence-electron chi connectivity index (χ1n) is 9.10. The van der Waals surface area contributed by atoms with E-state index in [2.05, 4.69) is 19.9 Å². The molecule has 0 aliphatic heterocycles. The van der Waals surface area contributed by atoms with Crippen LogP contribution in [0.4, 0.5) is 0 Å². The first-order valence-corrected chi connectivity index (χ1v) is 9.10. The molecule has 0 aliphatic rings. The summed E-state index contributed by atoms with van der Waals surface area (Å²) in [5.74, 6) is 0.108. The number of H-pyrrole nitrogens is 2. The number of nitrogens with zero attached hydrogens (tertiary/aromatic N) is 3. The number of nitrogens with two attached hydrogens (primary N) is 1. The highest BCUT2D eigenvalue weighted by Gasteiger charge is 2.21. The Bertz CT molecular complexity index is 1490. The van der Waals surface area contributed by atoms with Gasteiger partial charge in [0.05, 0.1) is 12.8 Å². The van der Waals surface area contributed by atoms with Crippen LogP contribution in [0.3, 0.4) is 0 Å². The predicted molar refractivity (Wildman–Crippen MR) is 112 cm³/mol. The van der Waals surface area contributed by atoms with Crippen molar-refractivity contribution in [1.82, 2.24) is 24.5 Å². The molecule has 4 N–H and O–H groups in total. The van der Waals surface area contributed by atoms with Crippen molar-refractivity contribution in [3.05, 3.63) is 70.9 Å². The van der Waals surface area contributed by atoms with Crippen molar-refractivity contribution in [2.24, 2.45) is 5.73 Å². The molecule has 9 nitrogen and oxygen atoms in total. The van der Waals surface area contributed by atoms with Crippen LogP contribution >= 0.6 is 0 Å². The number of hydrogen-bond donors (Lipinski definition) is 3. The molecule has 0 spiro atoms. The number of ether oxygens (including phenoxy) is 1. The highest BCUT2D eigenvalue weighted by atomic mass is 16.5. The van der Waals surface area contributed by atoms with Crippen molar-refractivity contribution in [3.8, 4) is 22.8 Å². The van der Waals surface area contributed by atoms with E-state index < -0.39 is 11.6 Å². The Balaban J connectivity index is 1.86. The van der Waals surface area contributed by atoms with Crippen molar-refractivity contribution in [1.29, 1.82) is 0 Å². The number of benzene rings is 2. The van der Waals surface area contributed by atoms with E-state index in [1.807, 2.05) is 30.5 Å². The lowest BCUT2D eigenvalue weighted by Crippen LogP contribution is -2.15. The van der Waals surface area contributed by atoms with Crippen LogP contribution in [-0.2, 0) is 0 Å². The van der Waals surface area contributed by atoms with Crippen LogP contribution in [-0.4, -0.2) is 37.5 Å². The minimum Gasteiger partial charge on any atom is -0.497 e. The number of carbonyl (C=O) groups is 1. The van der Waals surface area contributed by atoms with Gasteiger partial charge in [0.2, 0.25) is 0 Å². The Hall–Kier alpha value is -4.40. The number of rotatable bonds is 4. The second-order valence-corrected chi connectivity index (χ2v) is 6.67. The third-order valence-electron chi connectivity index (χ3n) is 4.92. The molecule has 0 radical (unpaired) electrons. The number of aromatic amines is 2. The Morgan fingerprint density at radius 1 is 1.13 bits per heavy atom. The lowest BCUT2D eigenvalue weighted by molar-refractivity contribution is 0.0997. The van der Waals surface area contributed by atoms with Gasteiger partial charge >= 0.3 is 5.69 Å². The van der Waals surface area contributed by atoms with Gasteiger partial charge < -0.3 is 20.4 Å². The van der Waals surface area contributed by atoms with Crippen molar-refractivity contribution in [2.75, 3.05) is 7.11 Å². The summed E-state index contributed by atoms with van der Waals surface area (Å²) in [6, 6.07) is 14.5. The van der Waals surface area contributed by atoms with Gasteiger partial charge in [-0.25, -0.2) is 19.3 Å². The van der Waals surface area contributed by atoms with Crippen LogP contribution < -0.4 is 16.2 Å². The van der Waals surface area contributed by atoms with E-state index in [1.165, 1.54) is 4.57 Å². The Morgan fingerprint density at radius 2 is 1.97 bits per heavy atom. The maximum atomic E-state index is 12.8. The Morgan fingerprint density at radius 3 is 2.77 bits per heavy atom. The van der Waals surface area contributed by atoms with Gasteiger partial charge in [-0.05, 0) is 24.3 Å². The number of primary amides is 1. The van der Waals surface area contributed by atoms with E-state index in [0.717, 1.165) is 10.9 Å². The summed E-state index contributed by atoms with van der Waals surface area (Å²) in [6.07, 6.45) is 1.81. The molecule has 0 bridgehead atoms. The molecule has 5 rings (SSSR count). The highest BCUT2D eigenvalue weighted by Crippen LogP contribution is 2.28. The van der Waals surface area contributed by atoms with Crippen LogP contribution in [0.25, 0.3) is 39.1 Å². The van der Waals surface area contributed by atoms with E-state index in [0.29, 0.717) is 17.0 Å². The molecular formula is C21H16N6O3. The lowest BCUT2D eigenvalue weighted by atomic mass is 10.1. The van der Waals surface area contributed by atoms with Crippen molar-refractivity contribution >= 4 is 28.0 Å². The number of hydrogen-bond acceptors (Lipinski definition) is 5. The smallest absolute Gasteiger partial charge is 0.332 e. The number of fused-ring (bicyclic) bond motifs is 2. The summed E-state index contributed by atoms with van der Waals surface area (Å²) in [6.45, 7) is 0. The maximum Gasteiger partial charge on any atom is 0.332 e. The van der Waals surface area contributed by atoms with Gasteiger partial charge in [0.1, 0.15) is 11.3 Å². The molecule has 148 valence electrons. The largest absolute Gasteiger partial charge is 0.497 e. The molecule has 1 amide bonds. The monoisotopic (exact) mass is 400 g/mol. The van der Waals surface area contributed by atoms with Gasteiger partial charge in [-0.3, -0.25) is 4.79 Å². The standard InChI is InChI=1S/C21H16N6O3/c1-30-12-5-2-4-11(10-12)27-20-17(25-21(27)29)16(18(22)28)24-19(26-20)14-6-3-7-15-13(14)8-9-23-15/h2-10,23H,1H3,(H2,22,28)(H,25,29). The first-order chi connectivity index (χ1) is 14.6. The topological polar surface area (TPSA) is 132 Å². The Kier molecular flexibility index (Phi) is 3.88. The molecular weight excluding hydrogens is 384 g/mol. The van der Waals surface area contributed by atoms with E-state index in [9.17, 15) is 9.59 Å². The number of nitrogens with one attached hydrogen (secondary N) is 2. The number of carbonyl (C=O) groups excluding carboxylic acids is 1. The molecule has 9 heteroatoms. The normalized spacial score (nSPS) is 11.2. The highest BCUT2D eigenvalue weighted by molar-refractivity contribution is 6.03. The predicted octanol–water partition coefficient (Wildman–Crippen LogP) is 2.36. The third-order valence-corrected chi connectivity index (χ3v) is 4.92. The molecule has 2 aromatic carbocycles. The minimum absolute atomic E-state index is 0.0544. The molecule has 30 heavy (non-hydrogen) atoms. The molecule has 0 atom stereocenters. The molecule has 0 fully saturated rings. The van der Waals surface area contributed by atoms with Crippen LogP contribution in [0.5, 0.6) is 5.75 Å². The van der Waals surface area contributed by atoms with Gasteiger partial charge in [-0.1, -0.05) is 18.2 Å². The van der Waals surface area contributed by atoms with Crippen molar-refractivity contribution < 1.29 is 9.53 Å². The zero-order chi connectivity index (χ0) is 20.8. The van der Waals surface area contributed by atoms with Gasteiger partial charge in [0, 0.05) is 28.7 Å². The Labute approximate surface area is 169 Å². The first kappa shape index (κ1) is 17.7. The fourth-order valence-electron chi connectivity index (χ4n) is 3.55. The van der Waals surface area contributed by atoms with Gasteiger partial charge in [0.25, 0.3) is 5.91 Å². The lowest BCUT2D eigenvalue weighted by Gasteiger charge is -2.08. The number of imidazole rings is 1. The van der Waals surface area contributed by atoms with Crippen molar-refractivity contribution in [3.63, 3.8) is 0 Å². The number of methoxy groups -OCH3 is 1. The quantitative estimate of drug-likeness (QED) is 0.426. The summed E-state index contributed by atoms with van der Waals surface area (Å²) >= 11 is 0. The zero-order valence-electron chi connectivity index (χ0n) is 15.8. The second kappa shape index (κ2) is 6.59. The van der Waals surface area contributed by atoms with E-state index >= 15 is 0 Å². The molecule has 0 saturated carbocycles.